The van der Waals surface area contributed by atoms with Crippen molar-refractivity contribution in [3.63, 3.8) is 0 Å². The Hall–Kier alpha value is -1.75. The third-order valence-electron chi connectivity index (χ3n) is 3.92. The van der Waals surface area contributed by atoms with Crippen LogP contribution in [-0.2, 0) is 11.2 Å². The van der Waals surface area contributed by atoms with Crippen molar-refractivity contribution in [2.75, 3.05) is 31.5 Å². The molecule has 120 valence electrons. The second kappa shape index (κ2) is 7.49. The predicted octanol–water partition coefficient (Wildman–Crippen LogP) is 2.99. The molecule has 1 heterocycles. The van der Waals surface area contributed by atoms with Gasteiger partial charge >= 0.3 is 6.03 Å². The van der Waals surface area contributed by atoms with Crippen LogP contribution in [0.1, 0.15) is 25.8 Å². The number of rotatable bonds is 2. The summed E-state index contributed by atoms with van der Waals surface area (Å²) in [5, 5.41) is 3.62. The van der Waals surface area contributed by atoms with Gasteiger partial charge in [0.25, 0.3) is 0 Å². The molecule has 0 bridgehead atoms. The highest BCUT2D eigenvalue weighted by Gasteiger charge is 2.20. The van der Waals surface area contributed by atoms with Gasteiger partial charge in [-0.2, -0.15) is 0 Å². The normalized spacial score (nSPS) is 15.4. The van der Waals surface area contributed by atoms with Crippen molar-refractivity contribution in [3.8, 4) is 0 Å². The van der Waals surface area contributed by atoms with Gasteiger partial charge in [-0.25, -0.2) is 4.79 Å². The number of hydrogen-bond acceptors (Lipinski definition) is 2. The minimum atomic E-state index is -0.123. The molecule has 0 aromatic heterocycles. The lowest BCUT2D eigenvalue weighted by Crippen LogP contribution is -2.39. The summed E-state index contributed by atoms with van der Waals surface area (Å²) in [7, 11) is 0. The minimum absolute atomic E-state index is 0.0632. The van der Waals surface area contributed by atoms with E-state index in [2.05, 4.69) is 5.32 Å². The monoisotopic (exact) mass is 323 g/mol. The van der Waals surface area contributed by atoms with Crippen molar-refractivity contribution in [3.05, 3.63) is 28.8 Å². The molecule has 3 amide bonds. The predicted molar refractivity (Wildman–Crippen MR) is 88.3 cm³/mol. The Bertz CT molecular complexity index is 562. The number of nitrogens with one attached hydrogen (secondary N) is 1. The summed E-state index contributed by atoms with van der Waals surface area (Å²) >= 11 is 5.99. The number of amides is 3. The summed E-state index contributed by atoms with van der Waals surface area (Å²) in [6, 6.07) is 5.36. The van der Waals surface area contributed by atoms with E-state index < -0.39 is 0 Å². The molecule has 6 heteroatoms. The van der Waals surface area contributed by atoms with Crippen LogP contribution in [0, 0.1) is 0 Å². The summed E-state index contributed by atoms with van der Waals surface area (Å²) in [4.78, 5) is 27.4. The summed E-state index contributed by atoms with van der Waals surface area (Å²) in [5.74, 6) is 0.0632. The molecule has 0 aliphatic carbocycles. The Morgan fingerprint density at radius 1 is 1.18 bits per heavy atom. The molecule has 1 aliphatic heterocycles. The number of anilines is 1. The first-order chi connectivity index (χ1) is 10.5. The lowest BCUT2D eigenvalue weighted by molar-refractivity contribution is -0.128. The molecule has 1 aromatic rings. The molecule has 1 aromatic carbocycles. The van der Waals surface area contributed by atoms with Crippen molar-refractivity contribution in [2.24, 2.45) is 0 Å². The Labute approximate surface area is 136 Å². The lowest BCUT2D eigenvalue weighted by Gasteiger charge is -2.22. The molecule has 1 saturated heterocycles. The molecule has 0 unspecified atom stereocenters. The smallest absolute Gasteiger partial charge is 0.321 e. The Morgan fingerprint density at radius 2 is 1.86 bits per heavy atom. The molecule has 5 nitrogen and oxygen atoms in total. The van der Waals surface area contributed by atoms with Gasteiger partial charge in [-0.05, 0) is 36.6 Å². The number of carbonyl (C=O) groups is 2. The average molecular weight is 324 g/mol. The van der Waals surface area contributed by atoms with Gasteiger partial charge in [0.2, 0.25) is 5.91 Å². The number of aryl methyl sites for hydroxylation is 1. The minimum Gasteiger partial charge on any atom is -0.341 e. The highest BCUT2D eigenvalue weighted by molar-refractivity contribution is 6.30. The average Bonchev–Trinajstić information content (AvgIpc) is 2.75. The van der Waals surface area contributed by atoms with Gasteiger partial charge < -0.3 is 15.1 Å². The third-order valence-corrected chi connectivity index (χ3v) is 4.15. The zero-order chi connectivity index (χ0) is 16.1. The standard InChI is InChI=1S/C16H22ClN3O2/c1-3-13-11-14(17)5-6-15(13)18-16(22)20-8-4-7-19(9-10-20)12(2)21/h5-6,11H,3-4,7-10H2,1-2H3,(H,18,22). The maximum absolute atomic E-state index is 12.4. The van der Waals surface area contributed by atoms with Gasteiger partial charge in [-0.3, -0.25) is 4.79 Å². The number of halogens is 1. The Morgan fingerprint density at radius 3 is 2.55 bits per heavy atom. The van der Waals surface area contributed by atoms with E-state index in [0.717, 1.165) is 24.1 Å². The maximum Gasteiger partial charge on any atom is 0.321 e. The van der Waals surface area contributed by atoms with E-state index in [4.69, 9.17) is 11.6 Å². The van der Waals surface area contributed by atoms with Crippen molar-refractivity contribution in [1.82, 2.24) is 9.80 Å². The van der Waals surface area contributed by atoms with Gasteiger partial charge in [-0.15, -0.1) is 0 Å². The van der Waals surface area contributed by atoms with Gasteiger partial charge in [0.15, 0.2) is 0 Å². The first-order valence-corrected chi connectivity index (χ1v) is 7.99. The topological polar surface area (TPSA) is 52.7 Å². The second-order valence-electron chi connectivity index (χ2n) is 5.43. The fraction of sp³-hybridized carbons (Fsp3) is 0.500. The number of urea groups is 1. The molecule has 22 heavy (non-hydrogen) atoms. The molecule has 0 saturated carbocycles. The first-order valence-electron chi connectivity index (χ1n) is 7.61. The summed E-state index contributed by atoms with van der Waals surface area (Å²) in [5.41, 5.74) is 1.81. The lowest BCUT2D eigenvalue weighted by atomic mass is 10.1. The first kappa shape index (κ1) is 16.6. The van der Waals surface area contributed by atoms with Crippen LogP contribution < -0.4 is 5.32 Å². The second-order valence-corrected chi connectivity index (χ2v) is 5.87. The molecule has 1 N–H and O–H groups in total. The Kier molecular flexibility index (Phi) is 5.66. The largest absolute Gasteiger partial charge is 0.341 e. The van der Waals surface area contributed by atoms with Crippen LogP contribution in [0.2, 0.25) is 5.02 Å². The molecule has 0 radical (unpaired) electrons. The quantitative estimate of drug-likeness (QED) is 0.909. The summed E-state index contributed by atoms with van der Waals surface area (Å²) in [6.07, 6.45) is 1.60. The van der Waals surface area contributed by atoms with E-state index in [1.807, 2.05) is 19.1 Å². The van der Waals surface area contributed by atoms with Crippen LogP contribution in [0.25, 0.3) is 0 Å². The SMILES string of the molecule is CCc1cc(Cl)ccc1NC(=O)N1CCCN(C(C)=O)CC1. The molecule has 0 spiro atoms. The third kappa shape index (κ3) is 4.13. The number of benzene rings is 1. The van der Waals surface area contributed by atoms with Gasteiger partial charge in [0, 0.05) is 43.8 Å². The zero-order valence-electron chi connectivity index (χ0n) is 13.1. The van der Waals surface area contributed by atoms with E-state index >= 15 is 0 Å². The maximum atomic E-state index is 12.4. The van der Waals surface area contributed by atoms with E-state index in [1.54, 1.807) is 22.8 Å². The highest BCUT2D eigenvalue weighted by Crippen LogP contribution is 2.21. The Balaban J connectivity index is 2.02. The molecule has 2 rings (SSSR count). The van der Waals surface area contributed by atoms with Crippen LogP contribution in [0.4, 0.5) is 10.5 Å². The molecular weight excluding hydrogens is 302 g/mol. The molecular formula is C16H22ClN3O2. The fourth-order valence-corrected chi connectivity index (χ4v) is 2.80. The van der Waals surface area contributed by atoms with Gasteiger partial charge in [0.05, 0.1) is 0 Å². The molecule has 1 aliphatic rings. The van der Waals surface area contributed by atoms with Crippen molar-refractivity contribution < 1.29 is 9.59 Å². The summed E-state index contributed by atoms with van der Waals surface area (Å²) < 4.78 is 0. The van der Waals surface area contributed by atoms with Crippen LogP contribution in [-0.4, -0.2) is 47.9 Å². The molecule has 1 fully saturated rings. The van der Waals surface area contributed by atoms with Gasteiger partial charge in [-0.1, -0.05) is 18.5 Å². The van der Waals surface area contributed by atoms with E-state index in [9.17, 15) is 9.59 Å². The van der Waals surface area contributed by atoms with E-state index in [0.29, 0.717) is 31.2 Å². The van der Waals surface area contributed by atoms with E-state index in [1.165, 1.54) is 0 Å². The highest BCUT2D eigenvalue weighted by atomic mass is 35.5. The van der Waals surface area contributed by atoms with Crippen LogP contribution in [0.15, 0.2) is 18.2 Å². The van der Waals surface area contributed by atoms with Crippen LogP contribution in [0.5, 0.6) is 0 Å². The zero-order valence-corrected chi connectivity index (χ0v) is 13.8. The van der Waals surface area contributed by atoms with Crippen molar-refractivity contribution in [2.45, 2.75) is 26.7 Å². The van der Waals surface area contributed by atoms with Crippen LogP contribution in [0.3, 0.4) is 0 Å². The number of nitrogens with zero attached hydrogens (tertiary/aromatic N) is 2. The van der Waals surface area contributed by atoms with Crippen molar-refractivity contribution >= 4 is 29.2 Å². The fourth-order valence-electron chi connectivity index (χ4n) is 2.61. The van der Waals surface area contributed by atoms with Crippen molar-refractivity contribution in [1.29, 1.82) is 0 Å². The van der Waals surface area contributed by atoms with Gasteiger partial charge in [0.1, 0.15) is 0 Å². The van der Waals surface area contributed by atoms with Crippen LogP contribution >= 0.6 is 11.6 Å². The summed E-state index contributed by atoms with van der Waals surface area (Å²) in [6.45, 7) is 6.10. The number of carbonyl (C=O) groups excluding carboxylic acids is 2. The molecule has 0 atom stereocenters. The number of hydrogen-bond donors (Lipinski definition) is 1. The van der Waals surface area contributed by atoms with E-state index in [-0.39, 0.29) is 11.9 Å².